The van der Waals surface area contributed by atoms with Crippen molar-refractivity contribution in [3.05, 3.63) is 12.7 Å². The molecule has 1 aliphatic rings. The van der Waals surface area contributed by atoms with Crippen molar-refractivity contribution in [3.8, 4) is 6.07 Å². The van der Waals surface area contributed by atoms with E-state index in [1.165, 1.54) is 6.08 Å². The van der Waals surface area contributed by atoms with Crippen molar-refractivity contribution in [2.24, 2.45) is 0 Å². The summed E-state index contributed by atoms with van der Waals surface area (Å²) >= 11 is 0. The average Bonchev–Trinajstić information content (AvgIpc) is 2.30. The minimum atomic E-state index is -0.684. The highest BCUT2D eigenvalue weighted by atomic mass is 16.1. The number of carbonyl (C=O) groups excluding carboxylic acids is 1. The lowest BCUT2D eigenvalue weighted by Gasteiger charge is -2.36. The third-order valence-corrected chi connectivity index (χ3v) is 2.92. The quantitative estimate of drug-likeness (QED) is 0.692. The SMILES string of the molecule is C=CC(=O)NC1(C#N)CCN(CC)CC1. The summed E-state index contributed by atoms with van der Waals surface area (Å²) in [4.78, 5) is 13.5. The highest BCUT2D eigenvalue weighted by Gasteiger charge is 2.35. The van der Waals surface area contributed by atoms with Gasteiger partial charge in [-0.25, -0.2) is 0 Å². The molecule has 15 heavy (non-hydrogen) atoms. The first kappa shape index (κ1) is 11.7. The molecule has 0 aromatic heterocycles. The van der Waals surface area contributed by atoms with Gasteiger partial charge in [-0.2, -0.15) is 5.26 Å². The second-order valence-electron chi connectivity index (χ2n) is 3.82. The van der Waals surface area contributed by atoms with E-state index < -0.39 is 5.54 Å². The summed E-state index contributed by atoms with van der Waals surface area (Å²) in [5, 5.41) is 11.9. The highest BCUT2D eigenvalue weighted by molar-refractivity contribution is 5.87. The van der Waals surface area contributed by atoms with Gasteiger partial charge in [0.05, 0.1) is 6.07 Å². The van der Waals surface area contributed by atoms with Gasteiger partial charge in [0.1, 0.15) is 5.54 Å². The molecule has 0 saturated carbocycles. The van der Waals surface area contributed by atoms with Crippen molar-refractivity contribution < 1.29 is 4.79 Å². The number of carbonyl (C=O) groups is 1. The molecule has 0 aromatic rings. The van der Waals surface area contributed by atoms with Crippen LogP contribution in [0, 0.1) is 11.3 Å². The number of nitrogens with one attached hydrogen (secondary N) is 1. The standard InChI is InChI=1S/C11H17N3O/c1-3-10(15)13-11(9-12)5-7-14(4-2)8-6-11/h3H,1,4-8H2,2H3,(H,13,15). The van der Waals surface area contributed by atoms with Crippen molar-refractivity contribution >= 4 is 5.91 Å². The molecule has 4 heteroatoms. The van der Waals surface area contributed by atoms with E-state index >= 15 is 0 Å². The molecule has 4 nitrogen and oxygen atoms in total. The molecule has 1 rings (SSSR count). The van der Waals surface area contributed by atoms with Crippen LogP contribution < -0.4 is 5.32 Å². The number of rotatable bonds is 3. The molecule has 0 unspecified atom stereocenters. The molecule has 0 aliphatic carbocycles. The normalized spacial score (nSPS) is 20.3. The number of hydrogen-bond acceptors (Lipinski definition) is 3. The minimum Gasteiger partial charge on any atom is -0.334 e. The van der Waals surface area contributed by atoms with Crippen molar-refractivity contribution in [2.75, 3.05) is 19.6 Å². The summed E-state index contributed by atoms with van der Waals surface area (Å²) in [7, 11) is 0. The molecule has 0 bridgehead atoms. The molecule has 0 spiro atoms. The number of likely N-dealkylation sites (tertiary alicyclic amines) is 1. The van der Waals surface area contributed by atoms with Crippen LogP contribution in [0.1, 0.15) is 19.8 Å². The van der Waals surface area contributed by atoms with E-state index in [1.54, 1.807) is 0 Å². The summed E-state index contributed by atoms with van der Waals surface area (Å²) < 4.78 is 0. The minimum absolute atomic E-state index is 0.263. The largest absolute Gasteiger partial charge is 0.334 e. The topological polar surface area (TPSA) is 56.1 Å². The molecular weight excluding hydrogens is 190 g/mol. The van der Waals surface area contributed by atoms with Crippen LogP contribution in [0.2, 0.25) is 0 Å². The summed E-state index contributed by atoms with van der Waals surface area (Å²) in [5.41, 5.74) is -0.684. The second-order valence-corrected chi connectivity index (χ2v) is 3.82. The summed E-state index contributed by atoms with van der Waals surface area (Å²) in [6.07, 6.45) is 2.60. The first-order valence-electron chi connectivity index (χ1n) is 5.24. The Hall–Kier alpha value is -1.34. The molecular formula is C11H17N3O. The molecule has 1 heterocycles. The van der Waals surface area contributed by atoms with E-state index in [4.69, 9.17) is 5.26 Å². The number of amides is 1. The Morgan fingerprint density at radius 2 is 2.27 bits per heavy atom. The Bertz CT molecular complexity index is 285. The maximum atomic E-state index is 11.2. The zero-order valence-corrected chi connectivity index (χ0v) is 9.12. The number of nitrogens with zero attached hydrogens (tertiary/aromatic N) is 2. The van der Waals surface area contributed by atoms with Crippen LogP contribution in [0.25, 0.3) is 0 Å². The zero-order valence-electron chi connectivity index (χ0n) is 9.12. The Kier molecular flexibility index (Phi) is 3.87. The lowest BCUT2D eigenvalue weighted by Crippen LogP contribution is -2.54. The molecule has 82 valence electrons. The van der Waals surface area contributed by atoms with Gasteiger partial charge in [0.2, 0.25) is 5.91 Å². The Morgan fingerprint density at radius 1 is 1.67 bits per heavy atom. The summed E-state index contributed by atoms with van der Waals surface area (Å²) in [5.74, 6) is -0.263. The molecule has 1 saturated heterocycles. The van der Waals surface area contributed by atoms with Crippen LogP contribution >= 0.6 is 0 Å². The van der Waals surface area contributed by atoms with Crippen LogP contribution in [0.15, 0.2) is 12.7 Å². The van der Waals surface area contributed by atoms with Crippen LogP contribution in [-0.2, 0) is 4.79 Å². The first-order valence-corrected chi connectivity index (χ1v) is 5.24. The van der Waals surface area contributed by atoms with Crippen molar-refractivity contribution in [3.63, 3.8) is 0 Å². The Morgan fingerprint density at radius 3 is 2.67 bits per heavy atom. The van der Waals surface area contributed by atoms with Crippen molar-refractivity contribution in [2.45, 2.75) is 25.3 Å². The van der Waals surface area contributed by atoms with Crippen LogP contribution in [-0.4, -0.2) is 36.0 Å². The highest BCUT2D eigenvalue weighted by Crippen LogP contribution is 2.21. The number of piperidine rings is 1. The van der Waals surface area contributed by atoms with E-state index in [-0.39, 0.29) is 5.91 Å². The lowest BCUT2D eigenvalue weighted by molar-refractivity contribution is -0.118. The zero-order chi connectivity index (χ0) is 11.3. The predicted molar refractivity (Wildman–Crippen MR) is 58.0 cm³/mol. The monoisotopic (exact) mass is 207 g/mol. The van der Waals surface area contributed by atoms with Gasteiger partial charge in [-0.1, -0.05) is 13.5 Å². The van der Waals surface area contributed by atoms with Gasteiger partial charge in [0.15, 0.2) is 0 Å². The van der Waals surface area contributed by atoms with Gasteiger partial charge in [-0.05, 0) is 25.5 Å². The molecule has 1 amide bonds. The van der Waals surface area contributed by atoms with Crippen molar-refractivity contribution in [1.29, 1.82) is 5.26 Å². The van der Waals surface area contributed by atoms with E-state index in [1.807, 2.05) is 0 Å². The van der Waals surface area contributed by atoms with E-state index in [9.17, 15) is 4.79 Å². The lowest BCUT2D eigenvalue weighted by atomic mass is 9.89. The average molecular weight is 207 g/mol. The maximum Gasteiger partial charge on any atom is 0.244 e. The first-order chi connectivity index (χ1) is 7.15. The molecule has 1 fully saturated rings. The maximum absolute atomic E-state index is 11.2. The molecule has 0 atom stereocenters. The Balaban J connectivity index is 2.61. The van der Waals surface area contributed by atoms with Gasteiger partial charge in [-0.3, -0.25) is 4.79 Å². The fraction of sp³-hybridized carbons (Fsp3) is 0.636. The van der Waals surface area contributed by atoms with E-state index in [0.29, 0.717) is 12.8 Å². The van der Waals surface area contributed by atoms with Gasteiger partial charge in [0, 0.05) is 13.1 Å². The van der Waals surface area contributed by atoms with Crippen LogP contribution in [0.5, 0.6) is 0 Å². The third kappa shape index (κ3) is 2.80. The van der Waals surface area contributed by atoms with Crippen LogP contribution in [0.4, 0.5) is 0 Å². The van der Waals surface area contributed by atoms with Gasteiger partial charge in [0.25, 0.3) is 0 Å². The van der Waals surface area contributed by atoms with Gasteiger partial charge < -0.3 is 10.2 Å². The van der Waals surface area contributed by atoms with Crippen LogP contribution in [0.3, 0.4) is 0 Å². The summed E-state index contributed by atoms with van der Waals surface area (Å²) in [6, 6.07) is 2.22. The molecule has 0 aromatic carbocycles. The predicted octanol–water partition coefficient (Wildman–Crippen LogP) is 0.667. The number of hydrogen-bond donors (Lipinski definition) is 1. The molecule has 0 radical (unpaired) electrons. The van der Waals surface area contributed by atoms with Gasteiger partial charge >= 0.3 is 0 Å². The van der Waals surface area contributed by atoms with E-state index in [2.05, 4.69) is 29.8 Å². The third-order valence-electron chi connectivity index (χ3n) is 2.92. The second kappa shape index (κ2) is 4.94. The fourth-order valence-electron chi connectivity index (χ4n) is 1.80. The molecule has 1 aliphatic heterocycles. The number of nitriles is 1. The van der Waals surface area contributed by atoms with Crippen molar-refractivity contribution in [1.82, 2.24) is 10.2 Å². The molecule has 1 N–H and O–H groups in total. The fourth-order valence-corrected chi connectivity index (χ4v) is 1.80. The van der Waals surface area contributed by atoms with E-state index in [0.717, 1.165) is 19.6 Å². The summed E-state index contributed by atoms with van der Waals surface area (Å²) in [6.45, 7) is 8.21. The van der Waals surface area contributed by atoms with Gasteiger partial charge in [-0.15, -0.1) is 0 Å². The smallest absolute Gasteiger partial charge is 0.244 e. The Labute approximate surface area is 90.6 Å².